The summed E-state index contributed by atoms with van der Waals surface area (Å²) in [6, 6.07) is 14.5. The first-order valence-electron chi connectivity index (χ1n) is 10.5. The number of carbonyl (C=O) groups excluding carboxylic acids is 1. The van der Waals surface area contributed by atoms with E-state index in [1.807, 2.05) is 50.2 Å². The van der Waals surface area contributed by atoms with E-state index in [-0.39, 0.29) is 35.7 Å². The van der Waals surface area contributed by atoms with Crippen LogP contribution in [0.5, 0.6) is 0 Å². The number of hydrogen-bond acceptors (Lipinski definition) is 3. The van der Waals surface area contributed by atoms with Crippen molar-refractivity contribution in [3.63, 3.8) is 0 Å². The van der Waals surface area contributed by atoms with Gasteiger partial charge in [0.05, 0.1) is 12.2 Å². The fraction of sp³-hybridized carbons (Fsp3) is 0.391. The van der Waals surface area contributed by atoms with E-state index in [9.17, 15) is 9.18 Å². The minimum atomic E-state index is -0.178. The Hall–Kier alpha value is -2.36. The molecule has 0 aliphatic carbocycles. The number of amides is 1. The molecule has 0 atom stereocenters. The van der Waals surface area contributed by atoms with E-state index in [2.05, 4.69) is 20.4 Å². The van der Waals surface area contributed by atoms with Crippen molar-refractivity contribution in [1.29, 1.82) is 0 Å². The molecule has 8 heteroatoms. The maximum absolute atomic E-state index is 14.1. The van der Waals surface area contributed by atoms with Gasteiger partial charge in [0.25, 0.3) is 5.91 Å². The van der Waals surface area contributed by atoms with Crippen LogP contribution in [0, 0.1) is 5.82 Å². The summed E-state index contributed by atoms with van der Waals surface area (Å²) in [5.41, 5.74) is 2.36. The van der Waals surface area contributed by atoms with Crippen LogP contribution in [0.15, 0.2) is 53.5 Å². The Morgan fingerprint density at radius 1 is 0.968 bits per heavy atom. The largest absolute Gasteiger partial charge is 0.366 e. The third-order valence-corrected chi connectivity index (χ3v) is 5.07. The van der Waals surface area contributed by atoms with Gasteiger partial charge >= 0.3 is 0 Å². The van der Waals surface area contributed by atoms with Crippen LogP contribution < -0.4 is 15.5 Å². The zero-order chi connectivity index (χ0) is 21.3. The average Bonchev–Trinajstić information content (AvgIpc) is 2.78. The van der Waals surface area contributed by atoms with Gasteiger partial charge in [-0.05, 0) is 43.7 Å². The van der Waals surface area contributed by atoms with E-state index in [0.717, 1.165) is 44.2 Å². The summed E-state index contributed by atoms with van der Waals surface area (Å²) in [6.45, 7) is 8.91. The number of anilines is 1. The van der Waals surface area contributed by atoms with Gasteiger partial charge in [-0.25, -0.2) is 9.38 Å². The van der Waals surface area contributed by atoms with Gasteiger partial charge in [-0.1, -0.05) is 24.3 Å². The molecule has 1 aliphatic heterocycles. The lowest BCUT2D eigenvalue weighted by atomic mass is 10.1. The summed E-state index contributed by atoms with van der Waals surface area (Å²) in [5.74, 6) is 0.620. The third-order valence-electron chi connectivity index (χ3n) is 5.07. The highest BCUT2D eigenvalue weighted by Gasteiger charge is 2.21. The van der Waals surface area contributed by atoms with Gasteiger partial charge in [0.15, 0.2) is 5.96 Å². The molecule has 1 aliphatic rings. The van der Waals surface area contributed by atoms with Crippen LogP contribution in [0.1, 0.15) is 29.8 Å². The Labute approximate surface area is 200 Å². The summed E-state index contributed by atoms with van der Waals surface area (Å²) in [6.07, 6.45) is 0. The highest BCUT2D eigenvalue weighted by molar-refractivity contribution is 14.0. The molecule has 6 nitrogen and oxygen atoms in total. The molecule has 0 aromatic heterocycles. The molecule has 1 saturated heterocycles. The van der Waals surface area contributed by atoms with Crippen molar-refractivity contribution < 1.29 is 9.18 Å². The number of piperazine rings is 1. The Morgan fingerprint density at radius 2 is 1.61 bits per heavy atom. The molecule has 2 aromatic rings. The number of guanidine groups is 1. The van der Waals surface area contributed by atoms with Crippen molar-refractivity contribution in [2.75, 3.05) is 44.2 Å². The second-order valence-corrected chi connectivity index (χ2v) is 7.15. The normalized spacial score (nSPS) is 14.1. The Morgan fingerprint density at radius 3 is 2.23 bits per heavy atom. The molecule has 1 amide bonds. The molecule has 0 unspecified atom stereocenters. The van der Waals surface area contributed by atoms with Crippen molar-refractivity contribution in [3.8, 4) is 0 Å². The predicted molar refractivity (Wildman–Crippen MR) is 135 cm³/mol. The van der Waals surface area contributed by atoms with Crippen LogP contribution in [-0.4, -0.2) is 56.0 Å². The molecule has 1 heterocycles. The molecule has 168 valence electrons. The second kappa shape index (κ2) is 12.5. The summed E-state index contributed by atoms with van der Waals surface area (Å²) in [5, 5.41) is 6.15. The molecule has 0 radical (unpaired) electrons. The molecule has 0 saturated carbocycles. The van der Waals surface area contributed by atoms with Crippen LogP contribution in [0.25, 0.3) is 0 Å². The summed E-state index contributed by atoms with van der Waals surface area (Å²) < 4.78 is 14.1. The first kappa shape index (κ1) is 24.9. The summed E-state index contributed by atoms with van der Waals surface area (Å²) in [4.78, 5) is 20.9. The number of para-hydroxylation sites is 1. The van der Waals surface area contributed by atoms with Gasteiger partial charge in [0.1, 0.15) is 5.82 Å². The predicted octanol–water partition coefficient (Wildman–Crippen LogP) is 3.48. The maximum Gasteiger partial charge on any atom is 0.251 e. The molecule has 0 bridgehead atoms. The number of nitrogens with zero attached hydrogens (tertiary/aromatic N) is 3. The SMILES string of the molecule is CCNC(=O)c1ccc(CN=C(NCC)N2CCN(c3ccccc3F)CC2)cc1.I. The van der Waals surface area contributed by atoms with Crippen molar-refractivity contribution >= 4 is 41.5 Å². The van der Waals surface area contributed by atoms with Gasteiger partial charge in [0, 0.05) is 44.8 Å². The monoisotopic (exact) mass is 539 g/mol. The van der Waals surface area contributed by atoms with Gasteiger partial charge < -0.3 is 20.4 Å². The molecule has 31 heavy (non-hydrogen) atoms. The van der Waals surface area contributed by atoms with Crippen LogP contribution in [-0.2, 0) is 6.54 Å². The Bertz CT molecular complexity index is 867. The number of rotatable bonds is 6. The minimum absolute atomic E-state index is 0. The van der Waals surface area contributed by atoms with Crippen molar-refractivity contribution in [1.82, 2.24) is 15.5 Å². The van der Waals surface area contributed by atoms with Gasteiger partial charge in [-0.15, -0.1) is 24.0 Å². The zero-order valence-corrected chi connectivity index (χ0v) is 20.4. The van der Waals surface area contributed by atoms with E-state index in [1.165, 1.54) is 6.07 Å². The average molecular weight is 539 g/mol. The summed E-state index contributed by atoms with van der Waals surface area (Å²) in [7, 11) is 0. The second-order valence-electron chi connectivity index (χ2n) is 7.15. The highest BCUT2D eigenvalue weighted by atomic mass is 127. The molecular formula is C23H31FIN5O. The van der Waals surface area contributed by atoms with Gasteiger partial charge in [-0.2, -0.15) is 0 Å². The number of aliphatic imine (C=N–C) groups is 1. The van der Waals surface area contributed by atoms with E-state index >= 15 is 0 Å². The minimum Gasteiger partial charge on any atom is -0.366 e. The van der Waals surface area contributed by atoms with Gasteiger partial charge in [-0.3, -0.25) is 4.79 Å². The third kappa shape index (κ3) is 6.81. The molecule has 0 spiro atoms. The fourth-order valence-electron chi connectivity index (χ4n) is 3.48. The van der Waals surface area contributed by atoms with Crippen LogP contribution in [0.3, 0.4) is 0 Å². The number of halogens is 2. The van der Waals surface area contributed by atoms with Crippen molar-refractivity contribution in [3.05, 3.63) is 65.5 Å². The van der Waals surface area contributed by atoms with Crippen LogP contribution >= 0.6 is 24.0 Å². The highest BCUT2D eigenvalue weighted by Crippen LogP contribution is 2.20. The van der Waals surface area contributed by atoms with Crippen molar-refractivity contribution in [2.24, 2.45) is 4.99 Å². The Balaban J connectivity index is 0.00000341. The van der Waals surface area contributed by atoms with Crippen LogP contribution in [0.2, 0.25) is 0 Å². The molecule has 3 rings (SSSR count). The van der Waals surface area contributed by atoms with Gasteiger partial charge in [0.2, 0.25) is 0 Å². The number of benzene rings is 2. The van der Waals surface area contributed by atoms with E-state index < -0.39 is 0 Å². The van der Waals surface area contributed by atoms with Crippen LogP contribution in [0.4, 0.5) is 10.1 Å². The number of nitrogens with one attached hydrogen (secondary N) is 2. The van der Waals surface area contributed by atoms with E-state index in [1.54, 1.807) is 6.07 Å². The molecule has 1 fully saturated rings. The lowest BCUT2D eigenvalue weighted by Gasteiger charge is -2.37. The first-order valence-corrected chi connectivity index (χ1v) is 10.5. The Kier molecular flexibility index (Phi) is 10.0. The van der Waals surface area contributed by atoms with E-state index in [4.69, 9.17) is 4.99 Å². The lowest BCUT2D eigenvalue weighted by Crippen LogP contribution is -2.52. The maximum atomic E-state index is 14.1. The molecular weight excluding hydrogens is 508 g/mol. The van der Waals surface area contributed by atoms with E-state index in [0.29, 0.717) is 24.3 Å². The topological polar surface area (TPSA) is 60.0 Å². The summed E-state index contributed by atoms with van der Waals surface area (Å²) >= 11 is 0. The molecule has 2 N–H and O–H groups in total. The van der Waals surface area contributed by atoms with Crippen molar-refractivity contribution in [2.45, 2.75) is 20.4 Å². The zero-order valence-electron chi connectivity index (χ0n) is 18.1. The number of carbonyl (C=O) groups is 1. The standard InChI is InChI=1S/C23H30FN5O.HI/c1-3-25-22(30)19-11-9-18(10-12-19)17-27-23(26-4-2)29-15-13-28(14-16-29)21-8-6-5-7-20(21)24;/h5-12H,3-4,13-17H2,1-2H3,(H,25,30)(H,26,27);1H. The lowest BCUT2D eigenvalue weighted by molar-refractivity contribution is 0.0956. The fourth-order valence-corrected chi connectivity index (χ4v) is 3.48. The molecule has 2 aromatic carbocycles. The smallest absolute Gasteiger partial charge is 0.251 e. The first-order chi connectivity index (χ1) is 14.6. The quantitative estimate of drug-likeness (QED) is 0.336. The number of hydrogen-bond donors (Lipinski definition) is 2.